The van der Waals surface area contributed by atoms with Gasteiger partial charge in [-0.1, -0.05) is 18.9 Å². The molecule has 1 amide bonds. The summed E-state index contributed by atoms with van der Waals surface area (Å²) in [5, 5.41) is 4.16. The van der Waals surface area contributed by atoms with Crippen LogP contribution in [-0.2, 0) is 13.0 Å². The van der Waals surface area contributed by atoms with Crippen molar-refractivity contribution in [1.82, 2.24) is 14.7 Å². The van der Waals surface area contributed by atoms with E-state index < -0.39 is 0 Å². The van der Waals surface area contributed by atoms with E-state index in [-0.39, 0.29) is 11.7 Å². The normalized spacial score (nSPS) is 16.5. The van der Waals surface area contributed by atoms with Crippen LogP contribution in [0.1, 0.15) is 63.9 Å². The van der Waals surface area contributed by atoms with E-state index >= 15 is 0 Å². The predicted molar refractivity (Wildman–Crippen MR) is 114 cm³/mol. The number of rotatable bonds is 4. The van der Waals surface area contributed by atoms with E-state index in [2.05, 4.69) is 23.8 Å². The highest BCUT2D eigenvalue weighted by Crippen LogP contribution is 2.35. The van der Waals surface area contributed by atoms with E-state index in [4.69, 9.17) is 0 Å². The molecule has 1 fully saturated rings. The van der Waals surface area contributed by atoms with Crippen LogP contribution in [0.25, 0.3) is 5.69 Å². The molecule has 1 aliphatic heterocycles. The van der Waals surface area contributed by atoms with Crippen molar-refractivity contribution in [3.63, 3.8) is 0 Å². The Kier molecular flexibility index (Phi) is 4.69. The Morgan fingerprint density at radius 3 is 2.60 bits per heavy atom. The lowest BCUT2D eigenvalue weighted by molar-refractivity contribution is 0.0707. The van der Waals surface area contributed by atoms with E-state index in [0.717, 1.165) is 41.6 Å². The average Bonchev–Trinajstić information content (AvgIpc) is 3.49. The van der Waals surface area contributed by atoms with Gasteiger partial charge in [-0.25, -0.2) is 9.07 Å². The molecule has 2 heterocycles. The summed E-state index contributed by atoms with van der Waals surface area (Å²) >= 11 is 0. The lowest BCUT2D eigenvalue weighted by Crippen LogP contribution is -2.33. The molecule has 1 aliphatic carbocycles. The van der Waals surface area contributed by atoms with Crippen LogP contribution in [0.5, 0.6) is 0 Å². The Labute approximate surface area is 176 Å². The van der Waals surface area contributed by atoms with E-state index in [9.17, 15) is 9.18 Å². The van der Waals surface area contributed by atoms with E-state index in [1.165, 1.54) is 24.5 Å². The van der Waals surface area contributed by atoms with E-state index in [0.29, 0.717) is 23.7 Å². The maximum atomic E-state index is 14.9. The molecule has 1 aromatic heterocycles. The van der Waals surface area contributed by atoms with Crippen molar-refractivity contribution in [3.8, 4) is 5.69 Å². The van der Waals surface area contributed by atoms with Crippen molar-refractivity contribution in [1.29, 1.82) is 0 Å². The van der Waals surface area contributed by atoms with Gasteiger partial charge in [-0.2, -0.15) is 5.10 Å². The van der Waals surface area contributed by atoms with Gasteiger partial charge in [0.15, 0.2) is 0 Å². The molecule has 3 aromatic rings. The molecule has 4 nitrogen and oxygen atoms in total. The average molecular weight is 404 g/mol. The summed E-state index contributed by atoms with van der Waals surface area (Å²) in [5.74, 6) is -0.102. The van der Waals surface area contributed by atoms with Gasteiger partial charge in [-0.15, -0.1) is 0 Å². The smallest absolute Gasteiger partial charge is 0.254 e. The van der Waals surface area contributed by atoms with Crippen LogP contribution in [0.2, 0.25) is 0 Å². The van der Waals surface area contributed by atoms with Gasteiger partial charge in [-0.3, -0.25) is 4.79 Å². The van der Waals surface area contributed by atoms with Crippen molar-refractivity contribution in [2.45, 2.75) is 58.5 Å². The minimum atomic E-state index is -0.250. The fraction of sp³-hybridized carbons (Fsp3) is 0.360. The SMILES string of the molecule is Cc1c(Cc2ccc(-n3cccn3)cc2F)cc2c(c1C)CN(C1CCCC1)C2=O. The zero-order valence-corrected chi connectivity index (χ0v) is 17.5. The molecule has 0 saturated heterocycles. The van der Waals surface area contributed by atoms with Gasteiger partial charge >= 0.3 is 0 Å². The number of hydrogen-bond donors (Lipinski definition) is 0. The quantitative estimate of drug-likeness (QED) is 0.607. The highest BCUT2D eigenvalue weighted by Gasteiger charge is 2.35. The van der Waals surface area contributed by atoms with Gasteiger partial charge in [0.1, 0.15) is 5.82 Å². The van der Waals surface area contributed by atoms with Crippen LogP contribution in [0.15, 0.2) is 42.7 Å². The minimum absolute atomic E-state index is 0.149. The van der Waals surface area contributed by atoms with Gasteiger partial charge in [0, 0.05) is 37.0 Å². The Morgan fingerprint density at radius 1 is 1.10 bits per heavy atom. The molecule has 30 heavy (non-hydrogen) atoms. The molecule has 0 N–H and O–H groups in total. The molecule has 0 atom stereocenters. The van der Waals surface area contributed by atoms with Gasteiger partial charge in [0.2, 0.25) is 0 Å². The number of aromatic nitrogens is 2. The van der Waals surface area contributed by atoms with Crippen LogP contribution in [-0.4, -0.2) is 26.6 Å². The van der Waals surface area contributed by atoms with Crippen LogP contribution in [0.4, 0.5) is 4.39 Å². The first-order valence-electron chi connectivity index (χ1n) is 10.7. The second kappa shape index (κ2) is 7.38. The van der Waals surface area contributed by atoms with Gasteiger partial charge in [0.25, 0.3) is 5.91 Å². The summed E-state index contributed by atoms with van der Waals surface area (Å²) in [7, 11) is 0. The molecule has 154 valence electrons. The molecule has 2 aliphatic rings. The fourth-order valence-corrected chi connectivity index (χ4v) is 4.97. The number of carbonyl (C=O) groups is 1. The second-order valence-electron chi connectivity index (χ2n) is 8.59. The van der Waals surface area contributed by atoms with Gasteiger partial charge in [0.05, 0.1) is 5.69 Å². The molecule has 0 radical (unpaired) electrons. The van der Waals surface area contributed by atoms with Crippen molar-refractivity contribution < 1.29 is 9.18 Å². The second-order valence-corrected chi connectivity index (χ2v) is 8.59. The first-order chi connectivity index (χ1) is 14.5. The molecule has 0 unspecified atom stereocenters. The summed E-state index contributed by atoms with van der Waals surface area (Å²) in [6.45, 7) is 4.91. The molecule has 0 spiro atoms. The first kappa shape index (κ1) is 19.0. The molecule has 5 heteroatoms. The predicted octanol–water partition coefficient (Wildman–Crippen LogP) is 5.12. The van der Waals surface area contributed by atoms with E-state index in [1.54, 1.807) is 17.1 Å². The molecule has 2 aromatic carbocycles. The number of nitrogens with zero attached hydrogens (tertiary/aromatic N) is 3. The van der Waals surface area contributed by atoms with Crippen LogP contribution >= 0.6 is 0 Å². The van der Waals surface area contributed by atoms with Crippen LogP contribution < -0.4 is 0 Å². The highest BCUT2D eigenvalue weighted by atomic mass is 19.1. The first-order valence-corrected chi connectivity index (χ1v) is 10.7. The maximum absolute atomic E-state index is 14.9. The number of benzene rings is 2. The number of amides is 1. The summed E-state index contributed by atoms with van der Waals surface area (Å²) < 4.78 is 16.5. The summed E-state index contributed by atoms with van der Waals surface area (Å²) in [5.41, 5.74) is 6.65. The third-order valence-corrected chi connectivity index (χ3v) is 6.91. The van der Waals surface area contributed by atoms with Crippen molar-refractivity contribution in [2.24, 2.45) is 0 Å². The van der Waals surface area contributed by atoms with E-state index in [1.807, 2.05) is 24.3 Å². The monoisotopic (exact) mass is 403 g/mol. The standard InChI is InChI=1S/C25H26FN3O/c1-16-17(2)23-15-28(20-6-3-4-7-20)25(30)22(23)13-19(16)12-18-8-9-21(14-24(18)26)29-11-5-10-27-29/h5,8-11,13-14,20H,3-4,6-7,12,15H2,1-2H3. The summed E-state index contributed by atoms with van der Waals surface area (Å²) in [4.78, 5) is 15.2. The summed E-state index contributed by atoms with van der Waals surface area (Å²) in [6, 6.07) is 9.42. The van der Waals surface area contributed by atoms with Gasteiger partial charge < -0.3 is 4.90 Å². The number of halogens is 1. The zero-order chi connectivity index (χ0) is 20.8. The minimum Gasteiger partial charge on any atom is -0.331 e. The molecular weight excluding hydrogens is 377 g/mol. The van der Waals surface area contributed by atoms with Crippen molar-refractivity contribution in [2.75, 3.05) is 0 Å². The van der Waals surface area contributed by atoms with Crippen LogP contribution in [0.3, 0.4) is 0 Å². The number of fused-ring (bicyclic) bond motifs is 1. The molecule has 0 bridgehead atoms. The van der Waals surface area contributed by atoms with Crippen molar-refractivity contribution >= 4 is 5.91 Å². The molecule has 1 saturated carbocycles. The van der Waals surface area contributed by atoms with Crippen molar-refractivity contribution in [3.05, 3.63) is 81.9 Å². The Balaban J connectivity index is 1.45. The van der Waals surface area contributed by atoms with Gasteiger partial charge in [-0.05, 0) is 78.8 Å². The zero-order valence-electron chi connectivity index (χ0n) is 17.5. The third kappa shape index (κ3) is 3.13. The highest BCUT2D eigenvalue weighted by molar-refractivity contribution is 5.99. The molecule has 5 rings (SSSR count). The summed E-state index contributed by atoms with van der Waals surface area (Å²) in [6.07, 6.45) is 8.58. The molecular formula is C25H26FN3O. The third-order valence-electron chi connectivity index (χ3n) is 6.91. The lowest BCUT2D eigenvalue weighted by atomic mass is 9.91. The Bertz CT molecular complexity index is 1110. The Morgan fingerprint density at radius 2 is 1.90 bits per heavy atom. The largest absolute Gasteiger partial charge is 0.331 e. The number of carbonyl (C=O) groups excluding carboxylic acids is 1. The van der Waals surface area contributed by atoms with Crippen LogP contribution in [0, 0.1) is 19.7 Å². The topological polar surface area (TPSA) is 38.1 Å². The Hall–Kier alpha value is -2.95. The fourth-order valence-electron chi connectivity index (χ4n) is 4.97. The number of hydrogen-bond acceptors (Lipinski definition) is 2. The maximum Gasteiger partial charge on any atom is 0.254 e. The lowest BCUT2D eigenvalue weighted by Gasteiger charge is -2.23.